The molecule has 0 unspecified atom stereocenters. The summed E-state index contributed by atoms with van der Waals surface area (Å²) < 4.78 is 34.1. The second-order valence-electron chi connectivity index (χ2n) is 6.18. The summed E-state index contributed by atoms with van der Waals surface area (Å²) in [7, 11) is -2.70. The van der Waals surface area contributed by atoms with Crippen molar-refractivity contribution in [3.05, 3.63) is 90.0 Å². The van der Waals surface area contributed by atoms with E-state index in [0.29, 0.717) is 5.56 Å². The largest absolute Gasteiger partial charge is 0.466 e. The van der Waals surface area contributed by atoms with Crippen LogP contribution in [0.5, 0.6) is 0 Å². The fourth-order valence-corrected chi connectivity index (χ4v) is 3.65. The van der Waals surface area contributed by atoms with E-state index >= 15 is 0 Å². The summed E-state index contributed by atoms with van der Waals surface area (Å²) >= 11 is 0. The van der Waals surface area contributed by atoms with Crippen molar-refractivity contribution < 1.29 is 17.9 Å². The SMILES string of the molecule is COC(=O)/C=C/C(=N\S(=O)(=O)c1ccc(C)cc1)c1ccc2ccccc2c1. The number of carbonyl (C=O) groups excluding carboxylic acids is 1. The Hall–Kier alpha value is -3.25. The van der Waals surface area contributed by atoms with E-state index in [9.17, 15) is 13.2 Å². The van der Waals surface area contributed by atoms with E-state index in [1.165, 1.54) is 25.3 Å². The number of sulfonamides is 1. The maximum Gasteiger partial charge on any atom is 0.330 e. The molecule has 0 aliphatic carbocycles. The first kappa shape index (κ1) is 19.5. The summed E-state index contributed by atoms with van der Waals surface area (Å²) in [6, 6.07) is 19.6. The molecule has 0 saturated carbocycles. The topological polar surface area (TPSA) is 72.8 Å². The van der Waals surface area contributed by atoms with E-state index in [0.717, 1.165) is 22.4 Å². The lowest BCUT2D eigenvalue weighted by atomic mass is 10.0. The van der Waals surface area contributed by atoms with E-state index < -0.39 is 16.0 Å². The van der Waals surface area contributed by atoms with E-state index in [-0.39, 0.29) is 10.6 Å². The summed E-state index contributed by atoms with van der Waals surface area (Å²) in [6.45, 7) is 1.87. The highest BCUT2D eigenvalue weighted by atomic mass is 32.2. The third-order valence-electron chi connectivity index (χ3n) is 4.16. The third-order valence-corrected chi connectivity index (χ3v) is 5.47. The van der Waals surface area contributed by atoms with Gasteiger partial charge in [0.2, 0.25) is 0 Å². The van der Waals surface area contributed by atoms with Crippen molar-refractivity contribution in [2.75, 3.05) is 7.11 Å². The monoisotopic (exact) mass is 393 g/mol. The lowest BCUT2D eigenvalue weighted by Gasteiger charge is -2.06. The Morgan fingerprint density at radius 2 is 1.61 bits per heavy atom. The molecule has 0 saturated heterocycles. The van der Waals surface area contributed by atoms with Gasteiger partial charge in [-0.05, 0) is 42.0 Å². The second kappa shape index (κ2) is 8.19. The zero-order valence-electron chi connectivity index (χ0n) is 15.5. The van der Waals surface area contributed by atoms with Crippen LogP contribution in [-0.2, 0) is 19.6 Å². The van der Waals surface area contributed by atoms with Crippen molar-refractivity contribution >= 4 is 32.5 Å². The number of esters is 1. The molecule has 0 bridgehead atoms. The summed E-state index contributed by atoms with van der Waals surface area (Å²) in [5, 5.41) is 1.95. The van der Waals surface area contributed by atoms with Gasteiger partial charge >= 0.3 is 5.97 Å². The van der Waals surface area contributed by atoms with Gasteiger partial charge in [0.05, 0.1) is 17.7 Å². The molecular formula is C22H19NO4S. The van der Waals surface area contributed by atoms with Crippen molar-refractivity contribution in [2.24, 2.45) is 4.40 Å². The molecule has 0 fully saturated rings. The number of allylic oxidation sites excluding steroid dienone is 1. The van der Waals surface area contributed by atoms with Crippen LogP contribution in [0.15, 0.2) is 88.2 Å². The van der Waals surface area contributed by atoms with Crippen LogP contribution in [0.4, 0.5) is 0 Å². The quantitative estimate of drug-likeness (QED) is 0.372. The van der Waals surface area contributed by atoms with Crippen LogP contribution < -0.4 is 0 Å². The Bertz CT molecular complexity index is 1180. The van der Waals surface area contributed by atoms with Gasteiger partial charge in [-0.1, -0.05) is 54.1 Å². The van der Waals surface area contributed by atoms with Crippen molar-refractivity contribution in [1.82, 2.24) is 0 Å². The zero-order chi connectivity index (χ0) is 20.1. The maximum atomic E-state index is 12.8. The summed E-state index contributed by atoms with van der Waals surface area (Å²) in [4.78, 5) is 11.6. The normalized spacial score (nSPS) is 12.4. The van der Waals surface area contributed by atoms with Gasteiger partial charge in [-0.2, -0.15) is 12.8 Å². The van der Waals surface area contributed by atoms with Gasteiger partial charge < -0.3 is 4.74 Å². The molecule has 0 atom stereocenters. The predicted molar refractivity (Wildman–Crippen MR) is 110 cm³/mol. The number of ether oxygens (including phenoxy) is 1. The van der Waals surface area contributed by atoms with Gasteiger partial charge in [-0.15, -0.1) is 0 Å². The fraction of sp³-hybridized carbons (Fsp3) is 0.0909. The molecule has 5 nitrogen and oxygen atoms in total. The number of fused-ring (bicyclic) bond motifs is 1. The van der Waals surface area contributed by atoms with Crippen molar-refractivity contribution in [3.8, 4) is 0 Å². The molecule has 142 valence electrons. The van der Waals surface area contributed by atoms with Gasteiger partial charge in [0.15, 0.2) is 0 Å². The number of methoxy groups -OCH3 is 1. The summed E-state index contributed by atoms with van der Waals surface area (Å²) in [5.41, 5.74) is 1.68. The first-order valence-electron chi connectivity index (χ1n) is 8.56. The molecule has 0 amide bonds. The number of rotatable bonds is 5. The number of carbonyl (C=O) groups is 1. The van der Waals surface area contributed by atoms with Crippen molar-refractivity contribution in [3.63, 3.8) is 0 Å². The first-order chi connectivity index (χ1) is 13.4. The summed E-state index contributed by atoms with van der Waals surface area (Å²) in [5.74, 6) is -0.596. The molecule has 0 aliphatic rings. The second-order valence-corrected chi connectivity index (χ2v) is 7.79. The highest BCUT2D eigenvalue weighted by Gasteiger charge is 2.15. The third kappa shape index (κ3) is 4.53. The highest BCUT2D eigenvalue weighted by molar-refractivity contribution is 7.90. The first-order valence-corrected chi connectivity index (χ1v) is 10.00. The molecule has 0 heterocycles. The number of aryl methyl sites for hydroxylation is 1. The van der Waals surface area contributed by atoms with Gasteiger partial charge in [0.25, 0.3) is 10.0 Å². The Morgan fingerprint density at radius 1 is 0.929 bits per heavy atom. The number of benzene rings is 3. The molecule has 28 heavy (non-hydrogen) atoms. The Labute approximate surface area is 164 Å². The molecule has 3 aromatic carbocycles. The van der Waals surface area contributed by atoms with Crippen LogP contribution in [0.2, 0.25) is 0 Å². The van der Waals surface area contributed by atoms with E-state index in [1.54, 1.807) is 18.2 Å². The maximum absolute atomic E-state index is 12.8. The lowest BCUT2D eigenvalue weighted by molar-refractivity contribution is -0.134. The Kier molecular flexibility index (Phi) is 5.70. The van der Waals surface area contributed by atoms with Gasteiger partial charge in [0, 0.05) is 11.6 Å². The molecule has 3 aromatic rings. The van der Waals surface area contributed by atoms with Crippen molar-refractivity contribution in [2.45, 2.75) is 11.8 Å². The van der Waals surface area contributed by atoms with Gasteiger partial charge in [0.1, 0.15) is 0 Å². The fourth-order valence-electron chi connectivity index (χ4n) is 2.64. The van der Waals surface area contributed by atoms with Crippen LogP contribution in [0.1, 0.15) is 11.1 Å². The molecule has 0 radical (unpaired) electrons. The average molecular weight is 393 g/mol. The number of nitrogens with zero attached hydrogens (tertiary/aromatic N) is 1. The molecular weight excluding hydrogens is 374 g/mol. The van der Waals surface area contributed by atoms with Crippen LogP contribution in [0, 0.1) is 6.92 Å². The molecule has 6 heteroatoms. The van der Waals surface area contributed by atoms with Crippen molar-refractivity contribution in [1.29, 1.82) is 0 Å². The molecule has 0 N–H and O–H groups in total. The van der Waals surface area contributed by atoms with Crippen LogP contribution >= 0.6 is 0 Å². The molecule has 3 rings (SSSR count). The van der Waals surface area contributed by atoms with E-state index in [2.05, 4.69) is 9.13 Å². The smallest absolute Gasteiger partial charge is 0.330 e. The minimum atomic E-state index is -3.95. The van der Waals surface area contributed by atoms with Crippen LogP contribution in [0.3, 0.4) is 0 Å². The highest BCUT2D eigenvalue weighted by Crippen LogP contribution is 2.19. The number of hydrogen-bond acceptors (Lipinski definition) is 4. The number of hydrogen-bond donors (Lipinski definition) is 0. The average Bonchev–Trinajstić information content (AvgIpc) is 2.70. The van der Waals surface area contributed by atoms with E-state index in [4.69, 9.17) is 0 Å². The summed E-state index contributed by atoms with van der Waals surface area (Å²) in [6.07, 6.45) is 2.50. The Balaban J connectivity index is 2.12. The molecule has 0 aliphatic heterocycles. The zero-order valence-corrected chi connectivity index (χ0v) is 16.3. The predicted octanol–water partition coefficient (Wildman–Crippen LogP) is 4.06. The molecule has 0 aromatic heterocycles. The van der Waals surface area contributed by atoms with Gasteiger partial charge in [-0.25, -0.2) is 4.79 Å². The molecule has 0 spiro atoms. The van der Waals surface area contributed by atoms with Gasteiger partial charge in [-0.3, -0.25) is 0 Å². The standard InChI is InChI=1S/C22H19NO4S/c1-16-7-11-20(12-8-16)28(25,26)23-21(13-14-22(24)27-2)19-10-9-17-5-3-4-6-18(17)15-19/h3-15H,1-2H3/b14-13+,23-21+. The van der Waals surface area contributed by atoms with Crippen LogP contribution in [-0.4, -0.2) is 27.2 Å². The minimum Gasteiger partial charge on any atom is -0.466 e. The Morgan fingerprint density at radius 3 is 2.29 bits per heavy atom. The van der Waals surface area contributed by atoms with E-state index in [1.807, 2.05) is 43.3 Å². The minimum absolute atomic E-state index is 0.0860. The lowest BCUT2D eigenvalue weighted by Crippen LogP contribution is -2.06. The van der Waals surface area contributed by atoms with Crippen LogP contribution in [0.25, 0.3) is 10.8 Å².